The zero-order valence-corrected chi connectivity index (χ0v) is 15.9. The van der Waals surface area contributed by atoms with E-state index in [0.717, 1.165) is 0 Å². The second kappa shape index (κ2) is 4.72. The van der Waals surface area contributed by atoms with E-state index in [0.29, 0.717) is 0 Å². The molecule has 0 saturated heterocycles. The zero-order valence-electron chi connectivity index (χ0n) is 15.9. The first-order valence-electron chi connectivity index (χ1n) is 8.64. The van der Waals surface area contributed by atoms with Crippen molar-refractivity contribution in [2.24, 2.45) is 0 Å². The molecule has 0 spiro atoms. The van der Waals surface area contributed by atoms with Crippen molar-refractivity contribution < 1.29 is 0 Å². The van der Waals surface area contributed by atoms with Crippen molar-refractivity contribution in [2.45, 2.75) is 71.6 Å². The monoisotopic (exact) mass is 305 g/mol. The molecule has 2 aromatic rings. The molecule has 1 aliphatic rings. The highest BCUT2D eigenvalue weighted by molar-refractivity contribution is 5.81. The first-order chi connectivity index (χ1) is 10.4. The minimum atomic E-state index is 0.0453. The van der Waals surface area contributed by atoms with Crippen LogP contribution in [0.4, 0.5) is 0 Å². The summed E-state index contributed by atoms with van der Waals surface area (Å²) in [6, 6.07) is 15.2. The van der Waals surface area contributed by atoms with Crippen LogP contribution in [0.2, 0.25) is 0 Å². The smallest absolute Gasteiger partial charge is 0.0159 e. The lowest BCUT2D eigenvalue weighted by atomic mass is 9.77. The summed E-state index contributed by atoms with van der Waals surface area (Å²) < 4.78 is 0. The Labute approximate surface area is 141 Å². The van der Waals surface area contributed by atoms with Crippen molar-refractivity contribution >= 4 is 0 Å². The quantitative estimate of drug-likeness (QED) is 0.529. The Morgan fingerprint density at radius 2 is 1.35 bits per heavy atom. The summed E-state index contributed by atoms with van der Waals surface area (Å²) in [5.74, 6) is 0. The SMILES string of the molecule is CC(C)(C)c1c[c]c2c(c1)C(C)(C)c1cc(C(C)(C)C)ccc1-2. The van der Waals surface area contributed by atoms with E-state index in [4.69, 9.17) is 0 Å². The van der Waals surface area contributed by atoms with Gasteiger partial charge in [0.2, 0.25) is 0 Å². The third-order valence-electron chi connectivity index (χ3n) is 5.31. The second-order valence-corrected chi connectivity index (χ2v) is 9.56. The predicted molar refractivity (Wildman–Crippen MR) is 100 cm³/mol. The molecule has 0 aromatic heterocycles. The molecule has 0 bridgehead atoms. The summed E-state index contributed by atoms with van der Waals surface area (Å²) >= 11 is 0. The Balaban J connectivity index is 2.22. The minimum absolute atomic E-state index is 0.0453. The molecule has 0 atom stereocenters. The fourth-order valence-electron chi connectivity index (χ4n) is 3.54. The first-order valence-corrected chi connectivity index (χ1v) is 8.64. The second-order valence-electron chi connectivity index (χ2n) is 9.56. The van der Waals surface area contributed by atoms with Gasteiger partial charge in [0, 0.05) is 5.41 Å². The summed E-state index contributed by atoms with van der Waals surface area (Å²) in [5.41, 5.74) is 8.68. The summed E-state index contributed by atoms with van der Waals surface area (Å²) in [7, 11) is 0. The van der Waals surface area contributed by atoms with Crippen LogP contribution in [0.25, 0.3) is 11.1 Å². The largest absolute Gasteiger partial charge is 0.0579 e. The number of hydrogen-bond donors (Lipinski definition) is 0. The lowest BCUT2D eigenvalue weighted by Gasteiger charge is -2.26. The fourth-order valence-corrected chi connectivity index (χ4v) is 3.54. The Hall–Kier alpha value is -1.56. The van der Waals surface area contributed by atoms with Gasteiger partial charge in [-0.15, -0.1) is 0 Å². The number of fused-ring (bicyclic) bond motifs is 3. The molecule has 121 valence electrons. The minimum Gasteiger partial charge on any atom is -0.0579 e. The van der Waals surface area contributed by atoms with E-state index < -0.39 is 0 Å². The highest BCUT2D eigenvalue weighted by Gasteiger charge is 2.37. The van der Waals surface area contributed by atoms with Crippen LogP contribution >= 0.6 is 0 Å². The molecule has 1 radical (unpaired) electrons. The summed E-state index contributed by atoms with van der Waals surface area (Å²) in [6.07, 6.45) is 0. The molecule has 1 aliphatic carbocycles. The maximum absolute atomic E-state index is 3.59. The standard InChI is InChI=1S/C23H29/c1-21(2,3)15-9-11-17-18-12-10-16(22(4,5)6)14-20(18)23(7,8)19(17)13-15/h9-11,13-14H,1-8H3. The van der Waals surface area contributed by atoms with Crippen LogP contribution in [0, 0.1) is 6.07 Å². The van der Waals surface area contributed by atoms with Crippen LogP contribution in [0.5, 0.6) is 0 Å². The van der Waals surface area contributed by atoms with Gasteiger partial charge in [-0.25, -0.2) is 0 Å². The molecule has 0 saturated carbocycles. The van der Waals surface area contributed by atoms with E-state index in [9.17, 15) is 0 Å². The molecule has 0 N–H and O–H groups in total. The molecule has 0 heterocycles. The van der Waals surface area contributed by atoms with Crippen molar-refractivity contribution in [1.29, 1.82) is 0 Å². The van der Waals surface area contributed by atoms with Crippen LogP contribution in [0.15, 0.2) is 30.3 Å². The fraction of sp³-hybridized carbons (Fsp3) is 0.478. The third-order valence-corrected chi connectivity index (χ3v) is 5.31. The van der Waals surface area contributed by atoms with E-state index in [1.54, 1.807) is 0 Å². The normalized spacial score (nSPS) is 16.2. The molecule has 0 heteroatoms. The molecule has 0 fully saturated rings. The zero-order chi connectivity index (χ0) is 17.2. The van der Waals surface area contributed by atoms with Crippen molar-refractivity contribution in [2.75, 3.05) is 0 Å². The Kier molecular flexibility index (Phi) is 3.35. The molecule has 0 nitrogen and oxygen atoms in total. The van der Waals surface area contributed by atoms with Gasteiger partial charge in [0.05, 0.1) is 0 Å². The molecular weight excluding hydrogens is 276 g/mol. The molecule has 0 aliphatic heterocycles. The van der Waals surface area contributed by atoms with Crippen LogP contribution in [-0.2, 0) is 16.2 Å². The van der Waals surface area contributed by atoms with Crippen molar-refractivity contribution in [1.82, 2.24) is 0 Å². The lowest BCUT2D eigenvalue weighted by molar-refractivity contribution is 0.580. The number of benzene rings is 2. The summed E-state index contributed by atoms with van der Waals surface area (Å²) in [6.45, 7) is 18.4. The van der Waals surface area contributed by atoms with Crippen LogP contribution in [0.3, 0.4) is 0 Å². The number of hydrogen-bond acceptors (Lipinski definition) is 0. The molecule has 3 rings (SSSR count). The van der Waals surface area contributed by atoms with Gasteiger partial charge in [0.15, 0.2) is 0 Å². The average Bonchev–Trinajstić information content (AvgIpc) is 2.65. The van der Waals surface area contributed by atoms with Gasteiger partial charge in [-0.05, 0) is 56.3 Å². The topological polar surface area (TPSA) is 0 Å². The van der Waals surface area contributed by atoms with E-state index in [2.05, 4.69) is 91.8 Å². The molecule has 2 aromatic carbocycles. The third kappa shape index (κ3) is 2.53. The highest BCUT2D eigenvalue weighted by Crippen LogP contribution is 2.50. The van der Waals surface area contributed by atoms with E-state index >= 15 is 0 Å². The van der Waals surface area contributed by atoms with Crippen LogP contribution in [-0.4, -0.2) is 0 Å². The Bertz CT molecular complexity index is 696. The van der Waals surface area contributed by atoms with Gasteiger partial charge in [-0.3, -0.25) is 0 Å². The summed E-state index contributed by atoms with van der Waals surface area (Å²) in [4.78, 5) is 0. The van der Waals surface area contributed by atoms with Gasteiger partial charge in [0.25, 0.3) is 0 Å². The molecular formula is C23H29. The van der Waals surface area contributed by atoms with Gasteiger partial charge in [-0.2, -0.15) is 0 Å². The Morgan fingerprint density at radius 1 is 0.783 bits per heavy atom. The van der Waals surface area contributed by atoms with Gasteiger partial charge in [-0.1, -0.05) is 79.7 Å². The number of rotatable bonds is 0. The van der Waals surface area contributed by atoms with E-state index in [-0.39, 0.29) is 16.2 Å². The molecule has 23 heavy (non-hydrogen) atoms. The van der Waals surface area contributed by atoms with E-state index in [1.165, 1.54) is 33.4 Å². The maximum atomic E-state index is 3.59. The van der Waals surface area contributed by atoms with Gasteiger partial charge >= 0.3 is 0 Å². The average molecular weight is 305 g/mol. The van der Waals surface area contributed by atoms with Crippen molar-refractivity contribution in [3.63, 3.8) is 0 Å². The van der Waals surface area contributed by atoms with Crippen LogP contribution < -0.4 is 0 Å². The van der Waals surface area contributed by atoms with Crippen LogP contribution in [0.1, 0.15) is 77.6 Å². The lowest BCUT2D eigenvalue weighted by Crippen LogP contribution is -2.19. The van der Waals surface area contributed by atoms with E-state index in [1.807, 2.05) is 0 Å². The van der Waals surface area contributed by atoms with Gasteiger partial charge < -0.3 is 0 Å². The summed E-state index contributed by atoms with van der Waals surface area (Å²) in [5, 5.41) is 0. The maximum Gasteiger partial charge on any atom is 0.0159 e. The highest BCUT2D eigenvalue weighted by atomic mass is 14.4. The Morgan fingerprint density at radius 3 is 1.91 bits per heavy atom. The molecule has 0 amide bonds. The molecule has 0 unspecified atom stereocenters. The van der Waals surface area contributed by atoms with Crippen molar-refractivity contribution in [3.05, 3.63) is 58.7 Å². The predicted octanol–water partition coefficient (Wildman–Crippen LogP) is 6.39. The van der Waals surface area contributed by atoms with Crippen molar-refractivity contribution in [3.8, 4) is 11.1 Å². The van der Waals surface area contributed by atoms with Gasteiger partial charge in [0.1, 0.15) is 0 Å². The first kappa shape index (κ1) is 16.3.